The zero-order valence-corrected chi connectivity index (χ0v) is 10.1. The summed E-state index contributed by atoms with van der Waals surface area (Å²) in [6, 6.07) is 0. The number of nitrogens with zero attached hydrogens (tertiary/aromatic N) is 2. The number of imidazole rings is 1. The normalized spacial score (nSPS) is 11.8. The Bertz CT molecular complexity index is 344. The van der Waals surface area contributed by atoms with Crippen molar-refractivity contribution in [1.82, 2.24) is 9.55 Å². The van der Waals surface area contributed by atoms with E-state index in [1.807, 2.05) is 24.6 Å². The lowest BCUT2D eigenvalue weighted by Gasteiger charge is -2.08. The molecule has 1 rings (SSSR count). The van der Waals surface area contributed by atoms with Gasteiger partial charge in [-0.1, -0.05) is 0 Å². The topological polar surface area (TPSA) is 29.9 Å². The minimum Gasteiger partial charge on any atom is -0.356 e. The molecular formula is C11H18F3N3. The second kappa shape index (κ2) is 5.93. The molecular weight excluding hydrogens is 231 g/mol. The Kier molecular flexibility index (Phi) is 4.84. The van der Waals surface area contributed by atoms with Crippen molar-refractivity contribution in [2.75, 3.05) is 11.9 Å². The lowest BCUT2D eigenvalue weighted by Crippen LogP contribution is -2.10. The summed E-state index contributed by atoms with van der Waals surface area (Å²) >= 11 is 0. The Hall–Kier alpha value is -1.20. The lowest BCUT2D eigenvalue weighted by molar-refractivity contribution is -0.135. The minimum absolute atomic E-state index is 0.155. The van der Waals surface area contributed by atoms with Crippen molar-refractivity contribution >= 4 is 5.95 Å². The van der Waals surface area contributed by atoms with Crippen LogP contribution in [0.5, 0.6) is 0 Å². The predicted molar refractivity (Wildman–Crippen MR) is 61.0 cm³/mol. The molecule has 0 radical (unpaired) electrons. The third kappa shape index (κ3) is 5.10. The van der Waals surface area contributed by atoms with Gasteiger partial charge in [0.1, 0.15) is 0 Å². The van der Waals surface area contributed by atoms with E-state index in [1.54, 1.807) is 0 Å². The summed E-state index contributed by atoms with van der Waals surface area (Å²) in [6.45, 7) is 5.20. The Morgan fingerprint density at radius 3 is 2.65 bits per heavy atom. The van der Waals surface area contributed by atoms with Crippen molar-refractivity contribution in [3.63, 3.8) is 0 Å². The molecule has 1 aromatic heterocycles. The molecule has 0 aliphatic heterocycles. The first kappa shape index (κ1) is 13.9. The molecule has 0 aromatic carbocycles. The van der Waals surface area contributed by atoms with Crippen molar-refractivity contribution in [3.05, 3.63) is 11.9 Å². The quantitative estimate of drug-likeness (QED) is 0.783. The number of hydrogen-bond donors (Lipinski definition) is 1. The van der Waals surface area contributed by atoms with E-state index in [1.165, 1.54) is 0 Å². The van der Waals surface area contributed by atoms with Crippen molar-refractivity contribution in [3.8, 4) is 0 Å². The fourth-order valence-electron chi connectivity index (χ4n) is 1.58. The molecule has 1 heterocycles. The summed E-state index contributed by atoms with van der Waals surface area (Å²) in [7, 11) is 0. The van der Waals surface area contributed by atoms with Crippen LogP contribution in [0, 0.1) is 6.92 Å². The second-order valence-corrected chi connectivity index (χ2v) is 3.99. The molecule has 0 unspecified atom stereocenters. The average molecular weight is 249 g/mol. The number of nitrogens with one attached hydrogen (secondary N) is 1. The molecule has 0 amide bonds. The smallest absolute Gasteiger partial charge is 0.356 e. The number of unbranched alkanes of at least 4 members (excludes halogenated alkanes) is 1. The van der Waals surface area contributed by atoms with Gasteiger partial charge in [0.05, 0.1) is 5.69 Å². The second-order valence-electron chi connectivity index (χ2n) is 3.99. The van der Waals surface area contributed by atoms with E-state index >= 15 is 0 Å². The monoisotopic (exact) mass is 249 g/mol. The molecule has 6 heteroatoms. The Labute approximate surface area is 99.0 Å². The molecule has 0 bridgehead atoms. The number of hydrogen-bond acceptors (Lipinski definition) is 2. The first-order chi connectivity index (χ1) is 7.92. The zero-order chi connectivity index (χ0) is 12.9. The maximum atomic E-state index is 11.9. The van der Waals surface area contributed by atoms with Crippen LogP contribution in [0.15, 0.2) is 6.20 Å². The highest BCUT2D eigenvalue weighted by atomic mass is 19.4. The van der Waals surface area contributed by atoms with E-state index in [-0.39, 0.29) is 6.42 Å². The summed E-state index contributed by atoms with van der Waals surface area (Å²) in [6.07, 6.45) is -2.19. The largest absolute Gasteiger partial charge is 0.389 e. The first-order valence-electron chi connectivity index (χ1n) is 5.77. The van der Waals surface area contributed by atoms with E-state index in [0.717, 1.165) is 18.2 Å². The van der Waals surface area contributed by atoms with Gasteiger partial charge in [-0.3, -0.25) is 0 Å². The molecule has 1 N–H and O–H groups in total. The van der Waals surface area contributed by atoms with Crippen LogP contribution in [0.2, 0.25) is 0 Å². The molecule has 17 heavy (non-hydrogen) atoms. The molecule has 3 nitrogen and oxygen atoms in total. The fraction of sp³-hybridized carbons (Fsp3) is 0.727. The van der Waals surface area contributed by atoms with Crippen LogP contribution in [0.4, 0.5) is 19.1 Å². The molecule has 0 aliphatic rings. The van der Waals surface area contributed by atoms with Crippen molar-refractivity contribution < 1.29 is 13.2 Å². The van der Waals surface area contributed by atoms with Gasteiger partial charge in [-0.25, -0.2) is 4.98 Å². The van der Waals surface area contributed by atoms with Crippen LogP contribution < -0.4 is 5.32 Å². The van der Waals surface area contributed by atoms with Gasteiger partial charge in [-0.2, -0.15) is 13.2 Å². The Morgan fingerprint density at radius 2 is 2.06 bits per heavy atom. The van der Waals surface area contributed by atoms with Crippen molar-refractivity contribution in [2.24, 2.45) is 0 Å². The highest BCUT2D eigenvalue weighted by Gasteiger charge is 2.25. The number of aromatic nitrogens is 2. The maximum absolute atomic E-state index is 11.9. The molecule has 1 aromatic rings. The van der Waals surface area contributed by atoms with Gasteiger partial charge in [0, 0.05) is 25.7 Å². The SMILES string of the molecule is CCn1cc(C)nc1NCCCCC(F)(F)F. The summed E-state index contributed by atoms with van der Waals surface area (Å²) in [4.78, 5) is 4.26. The molecule has 0 aliphatic carbocycles. The Morgan fingerprint density at radius 1 is 1.35 bits per heavy atom. The number of aryl methyl sites for hydroxylation is 2. The third-order valence-corrected chi connectivity index (χ3v) is 2.41. The van der Waals surface area contributed by atoms with Crippen LogP contribution in [-0.4, -0.2) is 22.3 Å². The predicted octanol–water partition coefficient (Wildman–Crippen LogP) is 3.36. The van der Waals surface area contributed by atoms with E-state index < -0.39 is 12.6 Å². The highest BCUT2D eigenvalue weighted by Crippen LogP contribution is 2.22. The standard InChI is InChI=1S/C11H18F3N3/c1-3-17-8-9(2)16-10(17)15-7-5-4-6-11(12,13)14/h8H,3-7H2,1-2H3,(H,15,16). The van der Waals surface area contributed by atoms with E-state index in [9.17, 15) is 13.2 Å². The number of alkyl halides is 3. The third-order valence-electron chi connectivity index (χ3n) is 2.41. The van der Waals surface area contributed by atoms with Gasteiger partial charge in [-0.05, 0) is 26.7 Å². The van der Waals surface area contributed by atoms with Crippen LogP contribution >= 0.6 is 0 Å². The minimum atomic E-state index is -4.04. The van der Waals surface area contributed by atoms with Crippen LogP contribution in [0.1, 0.15) is 31.9 Å². The fourth-order valence-corrected chi connectivity index (χ4v) is 1.58. The molecule has 0 saturated carbocycles. The lowest BCUT2D eigenvalue weighted by atomic mass is 10.2. The van der Waals surface area contributed by atoms with Crippen LogP contribution in [0.3, 0.4) is 0 Å². The summed E-state index contributed by atoms with van der Waals surface area (Å²) in [5.74, 6) is 0.733. The zero-order valence-electron chi connectivity index (χ0n) is 10.1. The van der Waals surface area contributed by atoms with E-state index in [2.05, 4.69) is 10.3 Å². The number of anilines is 1. The maximum Gasteiger partial charge on any atom is 0.389 e. The van der Waals surface area contributed by atoms with Gasteiger partial charge in [0.2, 0.25) is 5.95 Å². The highest BCUT2D eigenvalue weighted by molar-refractivity contribution is 5.28. The molecule has 0 spiro atoms. The van der Waals surface area contributed by atoms with E-state index in [0.29, 0.717) is 13.0 Å². The van der Waals surface area contributed by atoms with Crippen molar-refractivity contribution in [2.45, 2.75) is 45.8 Å². The van der Waals surface area contributed by atoms with Gasteiger partial charge < -0.3 is 9.88 Å². The Balaban J connectivity index is 2.26. The van der Waals surface area contributed by atoms with Gasteiger partial charge in [-0.15, -0.1) is 0 Å². The molecule has 0 saturated heterocycles. The van der Waals surface area contributed by atoms with Crippen LogP contribution in [0.25, 0.3) is 0 Å². The summed E-state index contributed by atoms with van der Waals surface area (Å²) in [5.41, 5.74) is 0.907. The van der Waals surface area contributed by atoms with Gasteiger partial charge in [0.15, 0.2) is 0 Å². The van der Waals surface area contributed by atoms with Crippen molar-refractivity contribution in [1.29, 1.82) is 0 Å². The number of rotatable bonds is 6. The first-order valence-corrected chi connectivity index (χ1v) is 5.77. The average Bonchev–Trinajstić information content (AvgIpc) is 2.57. The molecule has 0 atom stereocenters. The summed E-state index contributed by atoms with van der Waals surface area (Å²) < 4.78 is 37.6. The van der Waals surface area contributed by atoms with Gasteiger partial charge >= 0.3 is 6.18 Å². The number of halogens is 3. The molecule has 98 valence electrons. The molecule has 0 fully saturated rings. The van der Waals surface area contributed by atoms with E-state index in [4.69, 9.17) is 0 Å². The summed E-state index contributed by atoms with van der Waals surface area (Å²) in [5, 5.41) is 3.06. The van der Waals surface area contributed by atoms with Gasteiger partial charge in [0.25, 0.3) is 0 Å². The van der Waals surface area contributed by atoms with Crippen LogP contribution in [-0.2, 0) is 6.54 Å².